The molecule has 2 N–H and O–H groups in total. The second-order valence-corrected chi connectivity index (χ2v) is 19.1. The van der Waals surface area contributed by atoms with Gasteiger partial charge in [-0.25, -0.2) is 8.54 Å². The van der Waals surface area contributed by atoms with Crippen molar-refractivity contribution in [3.05, 3.63) is 0 Å². The maximum atomic E-state index is 12.9. The summed E-state index contributed by atoms with van der Waals surface area (Å²) in [5.74, 6) is -1.57. The summed E-state index contributed by atoms with van der Waals surface area (Å²) in [7, 11) is -6.89. The summed E-state index contributed by atoms with van der Waals surface area (Å²) in [5, 5.41) is -2.42. The minimum Gasteiger partial charge on any atom is -0.363 e. The van der Waals surface area contributed by atoms with E-state index in [1.165, 1.54) is 13.8 Å². The predicted molar refractivity (Wildman–Crippen MR) is 160 cm³/mol. The predicted octanol–water partition coefficient (Wildman–Crippen LogP) is 4.65. The summed E-state index contributed by atoms with van der Waals surface area (Å²) >= 11 is 0.563. The third kappa shape index (κ3) is 10.9. The highest BCUT2D eigenvalue weighted by Crippen LogP contribution is 2.61. The fraction of sp³-hybridized carbons (Fsp3) is 0.826. The average Bonchev–Trinajstić information content (AvgIpc) is 3.29. The van der Waals surface area contributed by atoms with Gasteiger partial charge in [0.1, 0.15) is 5.25 Å². The van der Waals surface area contributed by atoms with Gasteiger partial charge in [-0.05, 0) is 54.4 Å². The lowest BCUT2D eigenvalue weighted by Crippen LogP contribution is -2.40. The number of hydrogen-bond donors (Lipinski definition) is 2. The first kappa shape index (κ1) is 37.7. The maximum absolute atomic E-state index is 12.9. The van der Waals surface area contributed by atoms with E-state index in [9.17, 15) is 38.1 Å². The van der Waals surface area contributed by atoms with Crippen LogP contribution in [0.2, 0.25) is 0 Å². The highest BCUT2D eigenvalue weighted by atomic mass is 33.5. The van der Waals surface area contributed by atoms with Gasteiger partial charge in [0.05, 0.1) is 28.9 Å². The van der Waals surface area contributed by atoms with Crippen LogP contribution >= 0.6 is 47.1 Å². The average molecular weight is 695 g/mol. The normalized spacial score (nSPS) is 21.8. The molecule has 0 spiro atoms. The molecule has 0 radical (unpaired) electrons. The van der Waals surface area contributed by atoms with E-state index < -0.39 is 49.0 Å². The number of imide groups is 2. The van der Waals surface area contributed by atoms with Crippen LogP contribution in [0, 0.1) is 0 Å². The second-order valence-electron chi connectivity index (χ2n) is 11.4. The molecule has 2 aliphatic heterocycles. The van der Waals surface area contributed by atoms with Crippen molar-refractivity contribution in [1.82, 2.24) is 9.80 Å². The van der Waals surface area contributed by atoms with E-state index in [0.717, 1.165) is 30.4 Å². The van der Waals surface area contributed by atoms with Gasteiger partial charge in [-0.3, -0.25) is 42.6 Å². The Labute approximate surface area is 257 Å². The van der Waals surface area contributed by atoms with Gasteiger partial charge in [0, 0.05) is 42.2 Å². The quantitative estimate of drug-likeness (QED) is 0.0663. The van der Waals surface area contributed by atoms with Crippen molar-refractivity contribution in [2.75, 3.05) is 19.7 Å². The molecule has 2 rings (SSSR count). The molecule has 14 nitrogen and oxygen atoms in total. The number of rotatable bonds is 18. The summed E-state index contributed by atoms with van der Waals surface area (Å²) in [5.41, 5.74) is -2.03. The Hall–Kier alpha value is -0.450. The lowest BCUT2D eigenvalue weighted by Gasteiger charge is -2.33. The third-order valence-corrected chi connectivity index (χ3v) is 14.2. The van der Waals surface area contributed by atoms with E-state index in [2.05, 4.69) is 0 Å². The van der Waals surface area contributed by atoms with Crippen molar-refractivity contribution in [1.29, 1.82) is 0 Å². The van der Waals surface area contributed by atoms with Crippen molar-refractivity contribution in [3.8, 4) is 0 Å². The molecule has 0 bridgehead atoms. The highest BCUT2D eigenvalue weighted by molar-refractivity contribution is 9.08. The lowest BCUT2D eigenvalue weighted by molar-refractivity contribution is -0.143. The lowest BCUT2D eigenvalue weighted by atomic mass is 10.1. The van der Waals surface area contributed by atoms with Crippen LogP contribution in [-0.4, -0.2) is 84.7 Å². The van der Waals surface area contributed by atoms with Crippen LogP contribution in [0.4, 0.5) is 0 Å². The number of nitrogens with zero attached hydrogens (tertiary/aromatic N) is 2. The Morgan fingerprint density at radius 1 is 0.881 bits per heavy atom. The molecule has 2 saturated heterocycles. The van der Waals surface area contributed by atoms with Crippen molar-refractivity contribution < 1.29 is 55.8 Å². The van der Waals surface area contributed by atoms with Crippen LogP contribution in [0.25, 0.3) is 0 Å². The van der Waals surface area contributed by atoms with E-state index in [1.807, 2.05) is 6.92 Å². The summed E-state index contributed by atoms with van der Waals surface area (Å²) in [6.07, 6.45) is 0.719. The molecule has 0 aliphatic carbocycles. The molecule has 3 atom stereocenters. The molecule has 0 aromatic rings. The molecule has 2 heterocycles. The fourth-order valence-electron chi connectivity index (χ4n) is 3.62. The molecule has 2 fully saturated rings. The van der Waals surface area contributed by atoms with Crippen molar-refractivity contribution in [3.63, 3.8) is 0 Å². The zero-order chi connectivity index (χ0) is 32.1. The number of likely N-dealkylation sites (tertiary alicyclic amines) is 2. The molecular formula is C23H40N2O12P2S3. The Kier molecular flexibility index (Phi) is 13.3. The van der Waals surface area contributed by atoms with Crippen molar-refractivity contribution in [2.24, 2.45) is 0 Å². The molecule has 42 heavy (non-hydrogen) atoms. The smallest absolute Gasteiger partial charge is 0.363 e. The number of carbonyl (C=O) groups excluding carboxylic acids is 4. The third-order valence-electron chi connectivity index (χ3n) is 6.64. The van der Waals surface area contributed by atoms with E-state index in [4.69, 9.17) is 17.8 Å². The Morgan fingerprint density at radius 3 is 2.00 bits per heavy atom. The number of ether oxygens (including phenoxy) is 1. The Balaban J connectivity index is 1.78. The van der Waals surface area contributed by atoms with E-state index in [-0.39, 0.29) is 57.2 Å². The second kappa shape index (κ2) is 14.8. The van der Waals surface area contributed by atoms with Crippen molar-refractivity contribution >= 4 is 70.7 Å². The van der Waals surface area contributed by atoms with Gasteiger partial charge in [0.2, 0.25) is 23.6 Å². The molecular weight excluding hydrogens is 654 g/mol. The monoisotopic (exact) mass is 694 g/mol. The molecule has 242 valence electrons. The summed E-state index contributed by atoms with van der Waals surface area (Å²) in [6.45, 7) is 10.7. The SMILES string of the molecule is CCC(C)(C)OP(=O)(O)OC(C)(C)CCOC(C)(C)P(=O)(O)OSSSC1CC(=O)N(CCN2C(=O)CCC2=O)C1=O. The Bertz CT molecular complexity index is 1120. The van der Waals surface area contributed by atoms with Gasteiger partial charge in [0.15, 0.2) is 5.34 Å². The van der Waals surface area contributed by atoms with Gasteiger partial charge in [0.25, 0.3) is 0 Å². The minimum atomic E-state index is -4.39. The van der Waals surface area contributed by atoms with Crippen molar-refractivity contribution in [2.45, 2.75) is 102 Å². The van der Waals surface area contributed by atoms with Crippen LogP contribution in [-0.2, 0) is 46.1 Å². The minimum absolute atomic E-state index is 0.0479. The molecule has 19 heteroatoms. The first-order valence-electron chi connectivity index (χ1n) is 13.2. The number of amides is 4. The van der Waals surface area contributed by atoms with Gasteiger partial charge < -0.3 is 14.5 Å². The summed E-state index contributed by atoms with van der Waals surface area (Å²) in [4.78, 5) is 71.2. The van der Waals surface area contributed by atoms with Crippen LogP contribution in [0.15, 0.2) is 0 Å². The van der Waals surface area contributed by atoms with E-state index in [0.29, 0.717) is 17.5 Å². The van der Waals surface area contributed by atoms with Gasteiger partial charge in [-0.15, -0.1) is 0 Å². The largest absolute Gasteiger partial charge is 0.473 e. The zero-order valence-corrected chi connectivity index (χ0v) is 29.0. The highest BCUT2D eigenvalue weighted by Gasteiger charge is 2.45. The van der Waals surface area contributed by atoms with Crippen LogP contribution in [0.5, 0.6) is 0 Å². The maximum Gasteiger partial charge on any atom is 0.473 e. The molecule has 0 aromatic heterocycles. The molecule has 0 aromatic carbocycles. The van der Waals surface area contributed by atoms with Gasteiger partial charge >= 0.3 is 15.4 Å². The molecule has 0 saturated carbocycles. The number of hydrogen-bond acceptors (Lipinski definition) is 13. The van der Waals surface area contributed by atoms with Gasteiger partial charge in [-0.1, -0.05) is 17.7 Å². The van der Waals surface area contributed by atoms with Crippen LogP contribution in [0.1, 0.15) is 80.6 Å². The fourth-order valence-corrected chi connectivity index (χ4v) is 10.7. The molecule has 3 unspecified atom stereocenters. The molecule has 4 amide bonds. The first-order valence-corrected chi connectivity index (χ1v) is 19.7. The van der Waals surface area contributed by atoms with Crippen LogP contribution < -0.4 is 0 Å². The standard InChI is InChI=1S/C23H40N2O12P2S3/c1-8-21(2,3)35-39(32,33)36-22(4,5)11-14-34-23(6,7)38(30,31)37-41-42-40-16-15-19(28)25(20(16)29)13-12-24-17(26)9-10-18(24)27/h16H,8-15H2,1-7H3,(H,30,31)(H,32,33). The Morgan fingerprint density at radius 2 is 1.43 bits per heavy atom. The van der Waals surface area contributed by atoms with Gasteiger partial charge in [-0.2, -0.15) is 0 Å². The molecule has 2 aliphatic rings. The first-order chi connectivity index (χ1) is 19.1. The van der Waals surface area contributed by atoms with E-state index in [1.54, 1.807) is 27.7 Å². The summed E-state index contributed by atoms with van der Waals surface area (Å²) < 4.78 is 46.6. The number of carbonyl (C=O) groups is 4. The zero-order valence-electron chi connectivity index (χ0n) is 24.7. The summed E-state index contributed by atoms with van der Waals surface area (Å²) in [6, 6.07) is 0. The number of phosphoric acid groups is 1. The number of phosphoric ester groups is 1. The van der Waals surface area contributed by atoms with Crippen LogP contribution in [0.3, 0.4) is 0 Å². The van der Waals surface area contributed by atoms with E-state index >= 15 is 0 Å². The topological polar surface area (TPSA) is 186 Å².